The largest absolute Gasteiger partial charge is 1.00 e. The Hall–Kier alpha value is 1.51. The molecule has 29 heavy (non-hydrogen) atoms. The summed E-state index contributed by atoms with van der Waals surface area (Å²) < 4.78 is 34.0. The van der Waals surface area contributed by atoms with Gasteiger partial charge >= 0.3 is 51.4 Å². The van der Waals surface area contributed by atoms with Crippen molar-refractivity contribution in [1.29, 1.82) is 0 Å². The third kappa shape index (κ3) is 18.7. The van der Waals surface area contributed by atoms with E-state index in [2.05, 4.69) is 6.92 Å². The average Bonchev–Trinajstić information content (AvgIpc) is 2.65. The molecule has 1 N–H and O–H groups in total. The number of rotatable bonds is 21. The Morgan fingerprint density at radius 2 is 0.862 bits per heavy atom. The van der Waals surface area contributed by atoms with E-state index in [0.29, 0.717) is 12.8 Å². The Bertz CT molecular complexity index is 442. The van der Waals surface area contributed by atoms with Gasteiger partial charge in [0.25, 0.3) is 0 Å². The molecule has 0 amide bonds. The minimum atomic E-state index is -4.65. The molecule has 0 aliphatic heterocycles. The van der Waals surface area contributed by atoms with Gasteiger partial charge in [0.1, 0.15) is 10.1 Å². The first kappa shape index (κ1) is 32.7. The number of aliphatic hydroxyl groups is 1. The van der Waals surface area contributed by atoms with Crippen LogP contribution in [0.3, 0.4) is 0 Å². The Morgan fingerprint density at radius 3 is 1.17 bits per heavy atom. The van der Waals surface area contributed by atoms with Gasteiger partial charge in [0.15, 0.2) is 4.93 Å². The van der Waals surface area contributed by atoms with Crippen molar-refractivity contribution in [2.24, 2.45) is 0 Å². The Kier molecular flexibility index (Phi) is 24.1. The monoisotopic (exact) mass is 458 g/mol. The number of hydrogen-bond donors (Lipinski definition) is 1. The molecule has 4 nitrogen and oxygen atoms in total. The molecule has 0 saturated carbocycles. The third-order valence-electron chi connectivity index (χ3n) is 5.81. The topological polar surface area (TPSA) is 77.4 Å². The fourth-order valence-electron chi connectivity index (χ4n) is 3.78. The van der Waals surface area contributed by atoms with Gasteiger partial charge in [-0.25, -0.2) is 8.42 Å². The van der Waals surface area contributed by atoms with Crippen molar-refractivity contribution in [3.63, 3.8) is 0 Å². The van der Waals surface area contributed by atoms with Crippen molar-refractivity contribution in [2.45, 2.75) is 147 Å². The molecule has 1 atom stereocenters. The maximum Gasteiger partial charge on any atom is 1.00 e. The SMILES string of the molecule is CCCCCCCCCCCCCCCCCCC(O)(CCCC)S(=O)(=O)[O-].[K+]. The normalized spacial score (nSPS) is 13.8. The van der Waals surface area contributed by atoms with Crippen molar-refractivity contribution >= 4 is 10.1 Å². The van der Waals surface area contributed by atoms with E-state index in [4.69, 9.17) is 0 Å². The molecule has 0 rings (SSSR count). The summed E-state index contributed by atoms with van der Waals surface area (Å²) in [6, 6.07) is 0. The van der Waals surface area contributed by atoms with Crippen molar-refractivity contribution in [3.8, 4) is 0 Å². The third-order valence-corrected chi connectivity index (χ3v) is 7.15. The van der Waals surface area contributed by atoms with Gasteiger partial charge in [-0.05, 0) is 25.7 Å². The van der Waals surface area contributed by atoms with Crippen LogP contribution in [-0.2, 0) is 10.1 Å². The van der Waals surface area contributed by atoms with Gasteiger partial charge in [-0.2, -0.15) is 0 Å². The fraction of sp³-hybridized carbons (Fsp3) is 1.00. The first-order valence-corrected chi connectivity index (χ1v) is 13.5. The second-order valence-electron chi connectivity index (χ2n) is 8.56. The molecule has 0 spiro atoms. The molecule has 0 radical (unpaired) electrons. The number of unbranched alkanes of at least 4 members (excludes halogenated alkanes) is 16. The summed E-state index contributed by atoms with van der Waals surface area (Å²) in [5, 5.41) is 10.2. The molecule has 170 valence electrons. The van der Waals surface area contributed by atoms with Gasteiger partial charge < -0.3 is 9.66 Å². The van der Waals surface area contributed by atoms with E-state index >= 15 is 0 Å². The standard InChI is InChI=1S/C23H48O4S.K/c1-3-5-7-8-9-10-11-12-13-14-15-16-17-18-19-20-22-23(24,21-6-4-2)28(25,26)27;/h24H,3-22H2,1-2H3,(H,25,26,27);/q;+1/p-1. The molecular formula is C23H47KO4S. The van der Waals surface area contributed by atoms with Crippen LogP contribution in [0.2, 0.25) is 0 Å². The summed E-state index contributed by atoms with van der Waals surface area (Å²) in [5.41, 5.74) is 0. The van der Waals surface area contributed by atoms with Gasteiger partial charge in [0, 0.05) is 0 Å². The van der Waals surface area contributed by atoms with Crippen molar-refractivity contribution < 1.29 is 69.5 Å². The van der Waals surface area contributed by atoms with E-state index < -0.39 is 15.1 Å². The summed E-state index contributed by atoms with van der Waals surface area (Å²) >= 11 is 0. The summed E-state index contributed by atoms with van der Waals surface area (Å²) in [4.78, 5) is -2.06. The van der Waals surface area contributed by atoms with Crippen LogP contribution in [0.1, 0.15) is 142 Å². The van der Waals surface area contributed by atoms with Gasteiger partial charge in [-0.3, -0.25) is 0 Å². The van der Waals surface area contributed by atoms with E-state index in [0.717, 1.165) is 25.7 Å². The molecule has 0 bridgehead atoms. The molecule has 0 aliphatic rings. The van der Waals surface area contributed by atoms with E-state index in [-0.39, 0.29) is 64.2 Å². The molecule has 0 aromatic heterocycles. The first-order valence-electron chi connectivity index (χ1n) is 12.0. The Labute approximate surface area is 224 Å². The molecule has 0 saturated heterocycles. The number of hydrogen-bond acceptors (Lipinski definition) is 4. The molecule has 0 fully saturated rings. The summed E-state index contributed by atoms with van der Waals surface area (Å²) in [7, 11) is -4.65. The Balaban J connectivity index is 0. The second-order valence-corrected chi connectivity index (χ2v) is 10.2. The Morgan fingerprint density at radius 1 is 0.586 bits per heavy atom. The molecule has 6 heteroatoms. The average molecular weight is 459 g/mol. The van der Waals surface area contributed by atoms with Crippen molar-refractivity contribution in [2.75, 3.05) is 0 Å². The van der Waals surface area contributed by atoms with E-state index in [1.165, 1.54) is 77.0 Å². The summed E-state index contributed by atoms with van der Waals surface area (Å²) in [6.45, 7) is 4.18. The first-order chi connectivity index (χ1) is 13.4. The second kappa shape index (κ2) is 21.4. The smallest absolute Gasteiger partial charge is 0.746 e. The van der Waals surface area contributed by atoms with Crippen LogP contribution in [0.4, 0.5) is 0 Å². The molecule has 0 aromatic carbocycles. The van der Waals surface area contributed by atoms with Gasteiger partial charge in [-0.15, -0.1) is 0 Å². The molecule has 0 aliphatic carbocycles. The summed E-state index contributed by atoms with van der Waals surface area (Å²) in [5.74, 6) is 0. The minimum absolute atomic E-state index is 0. The van der Waals surface area contributed by atoms with Crippen molar-refractivity contribution in [3.05, 3.63) is 0 Å². The zero-order valence-electron chi connectivity index (χ0n) is 19.7. The zero-order chi connectivity index (χ0) is 21.1. The van der Waals surface area contributed by atoms with Crippen LogP contribution in [0, 0.1) is 0 Å². The maximum absolute atomic E-state index is 11.3. The van der Waals surface area contributed by atoms with E-state index in [1.54, 1.807) is 0 Å². The van der Waals surface area contributed by atoms with Gasteiger partial charge in [0.2, 0.25) is 0 Å². The van der Waals surface area contributed by atoms with Crippen LogP contribution >= 0.6 is 0 Å². The molecule has 0 aromatic rings. The van der Waals surface area contributed by atoms with Crippen LogP contribution in [0.15, 0.2) is 0 Å². The quantitative estimate of drug-likeness (QED) is 0.160. The van der Waals surface area contributed by atoms with Crippen LogP contribution in [-0.4, -0.2) is 23.0 Å². The van der Waals surface area contributed by atoms with E-state index in [9.17, 15) is 18.1 Å². The van der Waals surface area contributed by atoms with Gasteiger partial charge in [-0.1, -0.05) is 117 Å². The predicted octanol–water partition coefficient (Wildman–Crippen LogP) is 4.07. The molecular weight excluding hydrogens is 411 g/mol. The zero-order valence-corrected chi connectivity index (χ0v) is 23.7. The van der Waals surface area contributed by atoms with E-state index in [1.807, 2.05) is 6.92 Å². The minimum Gasteiger partial charge on any atom is -0.746 e. The van der Waals surface area contributed by atoms with Gasteiger partial charge in [0.05, 0.1) is 0 Å². The van der Waals surface area contributed by atoms with Crippen LogP contribution in [0.25, 0.3) is 0 Å². The fourth-order valence-corrected chi connectivity index (χ4v) is 4.57. The van der Waals surface area contributed by atoms with Crippen molar-refractivity contribution in [1.82, 2.24) is 0 Å². The van der Waals surface area contributed by atoms with Crippen LogP contribution in [0.5, 0.6) is 0 Å². The summed E-state index contributed by atoms with van der Waals surface area (Å²) in [6.07, 6.45) is 21.5. The molecule has 0 heterocycles. The predicted molar refractivity (Wildman–Crippen MR) is 118 cm³/mol. The van der Waals surface area contributed by atoms with Crippen LogP contribution < -0.4 is 51.4 Å². The molecule has 1 unspecified atom stereocenters. The maximum atomic E-state index is 11.3.